The van der Waals surface area contributed by atoms with Crippen molar-refractivity contribution in [2.45, 2.75) is 77.6 Å². The van der Waals surface area contributed by atoms with Crippen LogP contribution in [0.25, 0.3) is 21.5 Å². The number of anilines is 1. The van der Waals surface area contributed by atoms with Gasteiger partial charge >= 0.3 is 11.9 Å². The second-order valence-electron chi connectivity index (χ2n) is 9.03. The highest BCUT2D eigenvalue weighted by molar-refractivity contribution is 6.13. The molecule has 0 aliphatic carbocycles. The lowest BCUT2D eigenvalue weighted by Gasteiger charge is -2.22. The Hall–Kier alpha value is -3.12. The normalized spacial score (nSPS) is 11.2. The monoisotopic (exact) mass is 464 g/mol. The van der Waals surface area contributed by atoms with Crippen molar-refractivity contribution >= 4 is 39.2 Å². The molecule has 5 N–H and O–H groups in total. The Labute approximate surface area is 201 Å². The Morgan fingerprint density at radius 1 is 0.765 bits per heavy atom. The van der Waals surface area contributed by atoms with Gasteiger partial charge < -0.3 is 15.6 Å². The van der Waals surface area contributed by atoms with E-state index < -0.39 is 11.9 Å². The van der Waals surface area contributed by atoms with Crippen molar-refractivity contribution in [3.63, 3.8) is 0 Å². The van der Waals surface area contributed by atoms with Crippen LogP contribution in [-0.2, 0) is 28.9 Å². The second kappa shape index (κ2) is 12.4. The zero-order valence-electron chi connectivity index (χ0n) is 20.0. The maximum Gasteiger partial charge on any atom is 0.307 e. The summed E-state index contributed by atoms with van der Waals surface area (Å²) in [6, 6.07) is 11.9. The van der Waals surface area contributed by atoms with Crippen molar-refractivity contribution in [2.75, 3.05) is 5.43 Å². The molecule has 34 heavy (non-hydrogen) atoms. The molecule has 3 aromatic carbocycles. The predicted octanol–water partition coefficient (Wildman–Crippen LogP) is 6.22. The summed E-state index contributed by atoms with van der Waals surface area (Å²) in [5.74, 6) is 3.96. The number of carboxylic acid groups (broad SMARTS) is 2. The zero-order chi connectivity index (χ0) is 24.5. The number of aliphatic carboxylic acids is 2. The van der Waals surface area contributed by atoms with Crippen LogP contribution in [-0.4, -0.2) is 22.2 Å². The standard InChI is InChI=1S/C28H36N2O4/c1-2-3-4-5-6-7-8-9-14-21-22-16-15-19-12-10-11-13-20(19)27(22)24(18-26(33)34)28(30-29)23(21)17-25(31)32/h10-13,15-16,30H,2-9,14,17-18,29H2,1H3,(H,31,32)(H,33,34). The fourth-order valence-corrected chi connectivity index (χ4v) is 5.04. The van der Waals surface area contributed by atoms with Gasteiger partial charge in [0.1, 0.15) is 0 Å². The Balaban J connectivity index is 2.07. The van der Waals surface area contributed by atoms with Crippen LogP contribution in [0, 0.1) is 0 Å². The quantitative estimate of drug-likeness (QED) is 0.0975. The van der Waals surface area contributed by atoms with Gasteiger partial charge in [-0.1, -0.05) is 88.3 Å². The number of fused-ring (bicyclic) bond motifs is 3. The van der Waals surface area contributed by atoms with Crippen molar-refractivity contribution in [3.8, 4) is 0 Å². The van der Waals surface area contributed by atoms with Gasteiger partial charge in [0.2, 0.25) is 0 Å². The fourth-order valence-electron chi connectivity index (χ4n) is 5.04. The highest BCUT2D eigenvalue weighted by atomic mass is 16.4. The number of hydrogen-bond acceptors (Lipinski definition) is 4. The number of hydrazine groups is 1. The Kier molecular flexibility index (Phi) is 9.28. The van der Waals surface area contributed by atoms with E-state index in [2.05, 4.69) is 12.3 Å². The largest absolute Gasteiger partial charge is 0.481 e. The maximum atomic E-state index is 11.8. The van der Waals surface area contributed by atoms with Crippen LogP contribution in [0.2, 0.25) is 0 Å². The minimum atomic E-state index is -0.983. The van der Waals surface area contributed by atoms with E-state index in [-0.39, 0.29) is 12.8 Å². The molecule has 0 aliphatic rings. The summed E-state index contributed by atoms with van der Waals surface area (Å²) in [5, 5.41) is 23.0. The number of carbonyl (C=O) groups is 2. The molecule has 0 aromatic heterocycles. The van der Waals surface area contributed by atoms with Crippen LogP contribution in [0.3, 0.4) is 0 Å². The van der Waals surface area contributed by atoms with Gasteiger partial charge in [-0.3, -0.25) is 15.4 Å². The molecule has 6 heteroatoms. The van der Waals surface area contributed by atoms with Crippen LogP contribution in [0.1, 0.15) is 75.0 Å². The number of nitrogens with two attached hydrogens (primary N) is 1. The Morgan fingerprint density at radius 2 is 1.38 bits per heavy atom. The van der Waals surface area contributed by atoms with Crippen molar-refractivity contribution in [3.05, 3.63) is 53.1 Å². The summed E-state index contributed by atoms with van der Waals surface area (Å²) >= 11 is 0. The molecular formula is C28H36N2O4. The van der Waals surface area contributed by atoms with Gasteiger partial charge in [-0.25, -0.2) is 0 Å². The van der Waals surface area contributed by atoms with E-state index in [0.29, 0.717) is 16.8 Å². The van der Waals surface area contributed by atoms with Crippen LogP contribution in [0.15, 0.2) is 36.4 Å². The van der Waals surface area contributed by atoms with E-state index in [9.17, 15) is 19.8 Å². The minimum absolute atomic E-state index is 0.207. The first-order valence-corrected chi connectivity index (χ1v) is 12.4. The third kappa shape index (κ3) is 6.06. The van der Waals surface area contributed by atoms with Crippen LogP contribution >= 0.6 is 0 Å². The molecule has 0 heterocycles. The second-order valence-corrected chi connectivity index (χ2v) is 9.03. The molecule has 0 saturated heterocycles. The molecule has 6 nitrogen and oxygen atoms in total. The average Bonchev–Trinajstić information content (AvgIpc) is 2.81. The summed E-state index contributed by atoms with van der Waals surface area (Å²) in [4.78, 5) is 23.6. The van der Waals surface area contributed by atoms with Gasteiger partial charge in [0.15, 0.2) is 0 Å². The number of benzene rings is 3. The molecule has 0 fully saturated rings. The van der Waals surface area contributed by atoms with Gasteiger partial charge in [0.05, 0.1) is 18.5 Å². The molecule has 0 unspecified atom stereocenters. The molecule has 182 valence electrons. The third-order valence-corrected chi connectivity index (χ3v) is 6.60. The van der Waals surface area contributed by atoms with E-state index in [0.717, 1.165) is 52.8 Å². The summed E-state index contributed by atoms with van der Waals surface area (Å²) in [7, 11) is 0. The minimum Gasteiger partial charge on any atom is -0.481 e. The number of aryl methyl sites for hydroxylation is 1. The fraction of sp³-hybridized carbons (Fsp3) is 0.429. The first-order chi connectivity index (χ1) is 16.5. The summed E-state index contributed by atoms with van der Waals surface area (Å²) in [6.07, 6.45) is 9.77. The lowest BCUT2D eigenvalue weighted by molar-refractivity contribution is -0.137. The first kappa shape index (κ1) is 25.5. The summed E-state index contributed by atoms with van der Waals surface area (Å²) < 4.78 is 0. The smallest absolute Gasteiger partial charge is 0.307 e. The highest BCUT2D eigenvalue weighted by Crippen LogP contribution is 2.39. The van der Waals surface area contributed by atoms with Crippen LogP contribution in [0.4, 0.5) is 5.69 Å². The first-order valence-electron chi connectivity index (χ1n) is 12.4. The molecule has 0 radical (unpaired) electrons. The van der Waals surface area contributed by atoms with Crippen molar-refractivity contribution in [1.29, 1.82) is 0 Å². The van der Waals surface area contributed by atoms with Gasteiger partial charge in [0.25, 0.3) is 0 Å². The summed E-state index contributed by atoms with van der Waals surface area (Å²) in [5.41, 5.74) is 5.20. The topological polar surface area (TPSA) is 113 Å². The van der Waals surface area contributed by atoms with Crippen molar-refractivity contribution in [2.24, 2.45) is 5.84 Å². The highest BCUT2D eigenvalue weighted by Gasteiger charge is 2.23. The lowest BCUT2D eigenvalue weighted by atomic mass is 9.85. The van der Waals surface area contributed by atoms with Gasteiger partial charge in [-0.05, 0) is 51.1 Å². The SMILES string of the molecule is CCCCCCCCCCc1c(CC(=O)O)c(NN)c(CC(=O)O)c2c1ccc1ccccc12. The molecule has 0 saturated carbocycles. The molecule has 0 bridgehead atoms. The molecule has 0 atom stereocenters. The zero-order valence-corrected chi connectivity index (χ0v) is 20.0. The molecule has 3 aromatic rings. The van der Waals surface area contributed by atoms with E-state index >= 15 is 0 Å². The molecule has 3 rings (SSSR count). The van der Waals surface area contributed by atoms with Crippen LogP contribution < -0.4 is 11.3 Å². The average molecular weight is 465 g/mol. The number of hydrogen-bond donors (Lipinski definition) is 4. The lowest BCUT2D eigenvalue weighted by Crippen LogP contribution is -2.18. The predicted molar refractivity (Wildman–Crippen MR) is 138 cm³/mol. The number of carboxylic acids is 2. The van der Waals surface area contributed by atoms with E-state index in [4.69, 9.17) is 5.84 Å². The molecule has 0 aliphatic heterocycles. The van der Waals surface area contributed by atoms with Crippen molar-refractivity contribution in [1.82, 2.24) is 0 Å². The molecule has 0 amide bonds. The van der Waals surface area contributed by atoms with Crippen LogP contribution in [0.5, 0.6) is 0 Å². The van der Waals surface area contributed by atoms with E-state index in [1.54, 1.807) is 0 Å². The number of nitrogens with one attached hydrogen (secondary N) is 1. The third-order valence-electron chi connectivity index (χ3n) is 6.60. The van der Waals surface area contributed by atoms with E-state index in [1.165, 1.54) is 32.1 Å². The van der Waals surface area contributed by atoms with Crippen molar-refractivity contribution < 1.29 is 19.8 Å². The summed E-state index contributed by atoms with van der Waals surface area (Å²) in [6.45, 7) is 2.22. The van der Waals surface area contributed by atoms with Gasteiger partial charge in [-0.15, -0.1) is 0 Å². The number of unbranched alkanes of at least 4 members (excludes halogenated alkanes) is 7. The maximum absolute atomic E-state index is 11.8. The number of nitrogen functional groups attached to an aromatic ring is 1. The number of rotatable bonds is 14. The van der Waals surface area contributed by atoms with Gasteiger partial charge in [-0.2, -0.15) is 0 Å². The Morgan fingerprint density at radius 3 is 2.03 bits per heavy atom. The molecule has 0 spiro atoms. The van der Waals surface area contributed by atoms with Gasteiger partial charge in [0, 0.05) is 0 Å². The molecular weight excluding hydrogens is 428 g/mol. The van der Waals surface area contributed by atoms with E-state index in [1.807, 2.05) is 36.4 Å². The Bertz CT molecular complexity index is 1160.